The monoisotopic (exact) mass is 452 g/mol. The van der Waals surface area contributed by atoms with Gasteiger partial charge >= 0.3 is 0 Å². The second-order valence-electron chi connectivity index (χ2n) is 10.5. The Kier molecular flexibility index (Phi) is 4.23. The predicted octanol–water partition coefficient (Wildman–Crippen LogP) is 8.01. The number of fused-ring (bicyclic) bond motifs is 9. The topological polar surface area (TPSA) is 20.2 Å². The molecular weight excluding hydrogens is 424 g/mol. The van der Waals surface area contributed by atoms with Crippen LogP contribution in [0.4, 0.5) is 0 Å². The minimum atomic E-state index is -0.934. The maximum Gasteiger partial charge on any atom is 0.0846 e. The molecule has 0 fully saturated rings. The van der Waals surface area contributed by atoms with Crippen LogP contribution in [0.5, 0.6) is 0 Å². The van der Waals surface area contributed by atoms with Gasteiger partial charge in [-0.05, 0) is 87.9 Å². The molecule has 1 nitrogen and oxygen atoms in total. The molecule has 0 saturated carbocycles. The Morgan fingerprint density at radius 2 is 1.26 bits per heavy atom. The third-order valence-electron chi connectivity index (χ3n) is 8.18. The quantitative estimate of drug-likeness (QED) is 0.326. The zero-order chi connectivity index (χ0) is 23.8. The zero-order valence-electron chi connectivity index (χ0n) is 20.2. The summed E-state index contributed by atoms with van der Waals surface area (Å²) in [7, 11) is 0. The Hall–Kier alpha value is -3.68. The molecule has 0 bridgehead atoms. The lowest BCUT2D eigenvalue weighted by atomic mass is 9.69. The summed E-state index contributed by atoms with van der Waals surface area (Å²) in [6.45, 7) is 3.75. The molecular formula is C34H28O. The molecule has 1 unspecified atom stereocenters. The van der Waals surface area contributed by atoms with Gasteiger partial charge in [0.25, 0.3) is 0 Å². The Morgan fingerprint density at radius 3 is 2.03 bits per heavy atom. The first-order valence-corrected chi connectivity index (χ1v) is 12.6. The summed E-state index contributed by atoms with van der Waals surface area (Å²) in [6.07, 6.45) is 6.92. The SMILES string of the molecule is CC(C)(O)c1ccccc1-c1cccc2c1-c1ccccc1C21C2=C(CCC=C2)c2ccccc21. The summed E-state index contributed by atoms with van der Waals surface area (Å²) >= 11 is 0. The lowest BCUT2D eigenvalue weighted by Gasteiger charge is -2.32. The fourth-order valence-electron chi connectivity index (χ4n) is 6.90. The molecule has 0 heterocycles. The lowest BCUT2D eigenvalue weighted by molar-refractivity contribution is 0.0792. The molecule has 0 amide bonds. The van der Waals surface area contributed by atoms with Gasteiger partial charge in [0, 0.05) is 0 Å². The number of aliphatic hydroxyl groups is 1. The van der Waals surface area contributed by atoms with Crippen molar-refractivity contribution in [1.82, 2.24) is 0 Å². The van der Waals surface area contributed by atoms with E-state index in [9.17, 15) is 5.11 Å². The Labute approximate surface area is 207 Å². The molecule has 1 spiro atoms. The number of benzene rings is 4. The maximum atomic E-state index is 11.0. The van der Waals surface area contributed by atoms with Crippen LogP contribution < -0.4 is 0 Å². The van der Waals surface area contributed by atoms with Crippen molar-refractivity contribution < 1.29 is 5.11 Å². The predicted molar refractivity (Wildman–Crippen MR) is 144 cm³/mol. The summed E-state index contributed by atoms with van der Waals surface area (Å²) < 4.78 is 0. The van der Waals surface area contributed by atoms with Gasteiger partial charge in [0.15, 0.2) is 0 Å². The van der Waals surface area contributed by atoms with Gasteiger partial charge < -0.3 is 5.11 Å². The van der Waals surface area contributed by atoms with E-state index in [4.69, 9.17) is 0 Å². The highest BCUT2D eigenvalue weighted by atomic mass is 16.3. The molecule has 1 N–H and O–H groups in total. The van der Waals surface area contributed by atoms with E-state index in [0.29, 0.717) is 0 Å². The summed E-state index contributed by atoms with van der Waals surface area (Å²) in [6, 6.07) is 33.1. The fraction of sp³-hybridized carbons (Fsp3) is 0.176. The maximum absolute atomic E-state index is 11.0. The number of allylic oxidation sites excluding steroid dienone is 4. The first-order chi connectivity index (χ1) is 17.0. The Morgan fingerprint density at radius 1 is 0.657 bits per heavy atom. The van der Waals surface area contributed by atoms with Gasteiger partial charge in [0.1, 0.15) is 0 Å². The normalized spacial score (nSPS) is 19.5. The van der Waals surface area contributed by atoms with E-state index in [0.717, 1.165) is 24.0 Å². The summed E-state index contributed by atoms with van der Waals surface area (Å²) in [5.74, 6) is 0. The number of rotatable bonds is 2. The number of hydrogen-bond acceptors (Lipinski definition) is 1. The van der Waals surface area contributed by atoms with Crippen molar-refractivity contribution in [2.45, 2.75) is 37.7 Å². The molecule has 4 aromatic rings. The second kappa shape index (κ2) is 7.16. The number of hydrogen-bond donors (Lipinski definition) is 1. The first kappa shape index (κ1) is 20.7. The van der Waals surface area contributed by atoms with Crippen LogP contribution in [0, 0.1) is 0 Å². The van der Waals surface area contributed by atoms with Crippen molar-refractivity contribution in [2.24, 2.45) is 0 Å². The molecule has 35 heavy (non-hydrogen) atoms. The largest absolute Gasteiger partial charge is 0.386 e. The molecule has 7 rings (SSSR count). The molecule has 0 aliphatic heterocycles. The van der Waals surface area contributed by atoms with Crippen molar-refractivity contribution in [3.63, 3.8) is 0 Å². The van der Waals surface area contributed by atoms with Gasteiger partial charge in [0.2, 0.25) is 0 Å². The second-order valence-corrected chi connectivity index (χ2v) is 10.5. The van der Waals surface area contributed by atoms with Gasteiger partial charge in [-0.2, -0.15) is 0 Å². The van der Waals surface area contributed by atoms with Crippen LogP contribution in [0.25, 0.3) is 27.8 Å². The van der Waals surface area contributed by atoms with E-state index in [2.05, 4.69) is 97.1 Å². The van der Waals surface area contributed by atoms with Crippen LogP contribution in [0.3, 0.4) is 0 Å². The standard InChI is InChI=1S/C34H28O/c1-33(2,35)27-17-7-3-14-24(27)25-16-11-21-31-32(25)26-15-6-10-20-30(26)34(31)28-18-8-4-12-22(28)23-13-5-9-19-29(23)34/h3-4,6-12,14-21,35H,5,13H2,1-2H3. The highest BCUT2D eigenvalue weighted by Crippen LogP contribution is 2.64. The van der Waals surface area contributed by atoms with E-state index in [1.165, 1.54) is 50.1 Å². The van der Waals surface area contributed by atoms with Gasteiger partial charge in [-0.1, -0.05) is 103 Å². The van der Waals surface area contributed by atoms with E-state index in [1.54, 1.807) is 0 Å². The van der Waals surface area contributed by atoms with Gasteiger partial charge in [-0.15, -0.1) is 0 Å². The third kappa shape index (κ3) is 2.62. The minimum absolute atomic E-state index is 0.297. The summed E-state index contributed by atoms with van der Waals surface area (Å²) in [5, 5.41) is 11.0. The van der Waals surface area contributed by atoms with Crippen molar-refractivity contribution in [2.75, 3.05) is 0 Å². The first-order valence-electron chi connectivity index (χ1n) is 12.6. The fourth-order valence-corrected chi connectivity index (χ4v) is 6.90. The Bertz CT molecular complexity index is 1580. The minimum Gasteiger partial charge on any atom is -0.386 e. The summed E-state index contributed by atoms with van der Waals surface area (Å²) in [4.78, 5) is 0. The van der Waals surface area contributed by atoms with Crippen molar-refractivity contribution in [3.05, 3.63) is 137 Å². The highest BCUT2D eigenvalue weighted by molar-refractivity contribution is 6.00. The van der Waals surface area contributed by atoms with Crippen molar-refractivity contribution >= 4 is 5.57 Å². The summed E-state index contributed by atoms with van der Waals surface area (Å²) in [5.41, 5.74) is 13.1. The van der Waals surface area contributed by atoms with Gasteiger partial charge in [-0.3, -0.25) is 0 Å². The van der Waals surface area contributed by atoms with Crippen LogP contribution in [0.15, 0.2) is 109 Å². The smallest absolute Gasteiger partial charge is 0.0846 e. The van der Waals surface area contributed by atoms with Crippen molar-refractivity contribution in [3.8, 4) is 22.3 Å². The van der Waals surface area contributed by atoms with E-state index in [-0.39, 0.29) is 5.41 Å². The van der Waals surface area contributed by atoms with E-state index < -0.39 is 5.60 Å². The van der Waals surface area contributed by atoms with Gasteiger partial charge in [0.05, 0.1) is 11.0 Å². The average Bonchev–Trinajstić information content (AvgIpc) is 3.36. The van der Waals surface area contributed by atoms with Crippen LogP contribution in [0.1, 0.15) is 54.5 Å². The molecule has 1 heteroatoms. The average molecular weight is 453 g/mol. The third-order valence-corrected chi connectivity index (χ3v) is 8.18. The van der Waals surface area contributed by atoms with Crippen LogP contribution in [0.2, 0.25) is 0 Å². The van der Waals surface area contributed by atoms with Crippen LogP contribution in [-0.2, 0) is 11.0 Å². The van der Waals surface area contributed by atoms with E-state index >= 15 is 0 Å². The van der Waals surface area contributed by atoms with Crippen LogP contribution in [-0.4, -0.2) is 5.11 Å². The molecule has 170 valence electrons. The molecule has 0 saturated heterocycles. The molecule has 0 radical (unpaired) electrons. The zero-order valence-corrected chi connectivity index (χ0v) is 20.2. The Balaban J connectivity index is 1.63. The highest BCUT2D eigenvalue weighted by Gasteiger charge is 2.52. The van der Waals surface area contributed by atoms with Crippen molar-refractivity contribution in [1.29, 1.82) is 0 Å². The molecule has 0 aromatic heterocycles. The molecule has 1 atom stereocenters. The van der Waals surface area contributed by atoms with Crippen LogP contribution >= 0.6 is 0 Å². The van der Waals surface area contributed by atoms with Gasteiger partial charge in [-0.25, -0.2) is 0 Å². The van der Waals surface area contributed by atoms with E-state index in [1.807, 2.05) is 19.9 Å². The molecule has 3 aliphatic rings. The molecule has 3 aliphatic carbocycles. The molecule has 4 aromatic carbocycles. The lowest BCUT2D eigenvalue weighted by Crippen LogP contribution is -2.27.